The van der Waals surface area contributed by atoms with E-state index in [0.29, 0.717) is 16.3 Å². The minimum absolute atomic E-state index is 0.0438. The topological polar surface area (TPSA) is 68.3 Å². The van der Waals surface area contributed by atoms with Gasteiger partial charge in [0, 0.05) is 16.5 Å². The van der Waals surface area contributed by atoms with Gasteiger partial charge in [0.25, 0.3) is 10.0 Å². The molecule has 1 N–H and O–H groups in total. The van der Waals surface area contributed by atoms with E-state index >= 15 is 0 Å². The van der Waals surface area contributed by atoms with Crippen LogP contribution in [0.1, 0.15) is 5.56 Å². The van der Waals surface area contributed by atoms with E-state index in [1.165, 1.54) is 30.5 Å². The van der Waals surface area contributed by atoms with Gasteiger partial charge in [-0.25, -0.2) is 12.8 Å². The highest BCUT2D eigenvalue weighted by atomic mass is 35.5. The van der Waals surface area contributed by atoms with E-state index in [2.05, 4.69) is 9.71 Å². The molecule has 0 spiro atoms. The second kappa shape index (κ2) is 7.93. The van der Waals surface area contributed by atoms with E-state index in [1.54, 1.807) is 19.1 Å². The predicted molar refractivity (Wildman–Crippen MR) is 115 cm³/mol. The molecule has 1 aromatic heterocycles. The fourth-order valence-corrected chi connectivity index (χ4v) is 4.51. The number of aryl methyl sites for hydroxylation is 1. The zero-order valence-corrected chi connectivity index (χ0v) is 17.3. The maximum absolute atomic E-state index is 14.6. The number of ether oxygens (including phenoxy) is 1. The van der Waals surface area contributed by atoms with Crippen LogP contribution in [0.15, 0.2) is 77.8 Å². The smallest absolute Gasteiger partial charge is 0.262 e. The van der Waals surface area contributed by atoms with Gasteiger partial charge in [-0.15, -0.1) is 0 Å². The van der Waals surface area contributed by atoms with Gasteiger partial charge in [0.2, 0.25) is 0 Å². The Hall–Kier alpha value is -3.16. The second-order valence-corrected chi connectivity index (χ2v) is 8.71. The first kappa shape index (κ1) is 20.1. The van der Waals surface area contributed by atoms with Crippen LogP contribution in [0.2, 0.25) is 5.02 Å². The number of benzene rings is 3. The number of fused-ring (bicyclic) bond motifs is 1. The average molecular weight is 443 g/mol. The standard InChI is InChI=1S/C22H16ClFN2O3S/c1-14-10-16(23)6-9-22(14)30(27,28)26-17-7-8-21(19(24)12-17)29-18-11-15-4-2-3-5-20(15)25-13-18/h2-13,26H,1H3. The van der Waals surface area contributed by atoms with Crippen LogP contribution in [0.25, 0.3) is 10.9 Å². The SMILES string of the molecule is Cc1cc(Cl)ccc1S(=O)(=O)Nc1ccc(Oc2cnc3ccccc3c2)c(F)c1. The summed E-state index contributed by atoms with van der Waals surface area (Å²) in [5.41, 5.74) is 1.36. The predicted octanol–water partition coefficient (Wildman–Crippen LogP) is 5.93. The second-order valence-electron chi connectivity index (χ2n) is 6.63. The number of pyridine rings is 1. The molecule has 0 amide bonds. The monoisotopic (exact) mass is 442 g/mol. The molecule has 1 heterocycles. The van der Waals surface area contributed by atoms with Gasteiger partial charge in [-0.2, -0.15) is 0 Å². The first-order valence-corrected chi connectivity index (χ1v) is 10.8. The van der Waals surface area contributed by atoms with Crippen molar-refractivity contribution in [1.82, 2.24) is 4.98 Å². The van der Waals surface area contributed by atoms with Crippen molar-refractivity contribution in [2.24, 2.45) is 0 Å². The number of anilines is 1. The average Bonchev–Trinajstić information content (AvgIpc) is 2.69. The van der Waals surface area contributed by atoms with E-state index in [0.717, 1.165) is 17.0 Å². The number of sulfonamides is 1. The molecule has 30 heavy (non-hydrogen) atoms. The van der Waals surface area contributed by atoms with E-state index in [4.69, 9.17) is 16.3 Å². The summed E-state index contributed by atoms with van der Waals surface area (Å²) in [5.74, 6) is -0.383. The summed E-state index contributed by atoms with van der Waals surface area (Å²) in [7, 11) is -3.90. The summed E-state index contributed by atoms with van der Waals surface area (Å²) in [5, 5.41) is 1.29. The van der Waals surface area contributed by atoms with Crippen LogP contribution in [0.3, 0.4) is 0 Å². The normalized spacial score (nSPS) is 11.4. The van der Waals surface area contributed by atoms with Crippen LogP contribution < -0.4 is 9.46 Å². The van der Waals surface area contributed by atoms with Crippen molar-refractivity contribution in [3.63, 3.8) is 0 Å². The number of para-hydroxylation sites is 1. The number of rotatable bonds is 5. The molecule has 0 aliphatic heterocycles. The zero-order chi connectivity index (χ0) is 21.3. The van der Waals surface area contributed by atoms with Crippen LogP contribution in [-0.2, 0) is 10.0 Å². The summed E-state index contributed by atoms with van der Waals surface area (Å²) in [4.78, 5) is 4.34. The minimum Gasteiger partial charge on any atom is -0.453 e. The summed E-state index contributed by atoms with van der Waals surface area (Å²) >= 11 is 5.88. The van der Waals surface area contributed by atoms with Crippen molar-refractivity contribution in [1.29, 1.82) is 0 Å². The van der Waals surface area contributed by atoms with Gasteiger partial charge in [-0.3, -0.25) is 9.71 Å². The van der Waals surface area contributed by atoms with Crippen molar-refractivity contribution in [3.05, 3.63) is 89.3 Å². The van der Waals surface area contributed by atoms with Crippen LogP contribution in [0.4, 0.5) is 10.1 Å². The van der Waals surface area contributed by atoms with Gasteiger partial charge in [-0.05, 0) is 55.0 Å². The summed E-state index contributed by atoms with van der Waals surface area (Å²) in [6.07, 6.45) is 1.50. The fourth-order valence-electron chi connectivity index (χ4n) is 3.01. The number of hydrogen-bond donors (Lipinski definition) is 1. The van der Waals surface area contributed by atoms with E-state index in [1.807, 2.05) is 24.3 Å². The number of halogens is 2. The van der Waals surface area contributed by atoms with Gasteiger partial charge in [0.05, 0.1) is 22.3 Å². The zero-order valence-electron chi connectivity index (χ0n) is 15.8. The van der Waals surface area contributed by atoms with E-state index in [9.17, 15) is 12.8 Å². The molecule has 0 aliphatic rings. The highest BCUT2D eigenvalue weighted by Crippen LogP contribution is 2.29. The molecule has 4 aromatic rings. The molecular formula is C22H16ClFN2O3S. The fraction of sp³-hybridized carbons (Fsp3) is 0.0455. The Bertz CT molecular complexity index is 1360. The maximum Gasteiger partial charge on any atom is 0.262 e. The lowest BCUT2D eigenvalue weighted by atomic mass is 10.2. The van der Waals surface area contributed by atoms with E-state index < -0.39 is 15.8 Å². The van der Waals surface area contributed by atoms with Crippen molar-refractivity contribution in [2.75, 3.05) is 4.72 Å². The van der Waals surface area contributed by atoms with Crippen LogP contribution >= 0.6 is 11.6 Å². The third kappa shape index (κ3) is 4.22. The molecule has 0 saturated carbocycles. The Morgan fingerprint density at radius 1 is 1.03 bits per heavy atom. The Kier molecular flexibility index (Phi) is 5.32. The molecule has 0 fully saturated rings. The lowest BCUT2D eigenvalue weighted by Crippen LogP contribution is -2.14. The molecule has 0 unspecified atom stereocenters. The first-order valence-electron chi connectivity index (χ1n) is 8.93. The van der Waals surface area contributed by atoms with Crippen LogP contribution in [-0.4, -0.2) is 13.4 Å². The quantitative estimate of drug-likeness (QED) is 0.416. The van der Waals surface area contributed by atoms with Crippen molar-refractivity contribution in [3.8, 4) is 11.5 Å². The van der Waals surface area contributed by atoms with Gasteiger partial charge in [0.1, 0.15) is 5.75 Å². The molecule has 8 heteroatoms. The summed E-state index contributed by atoms with van der Waals surface area (Å²) < 4.78 is 47.8. The van der Waals surface area contributed by atoms with Crippen molar-refractivity contribution < 1.29 is 17.5 Å². The molecule has 0 saturated heterocycles. The number of nitrogens with zero attached hydrogens (tertiary/aromatic N) is 1. The molecular weight excluding hydrogens is 427 g/mol. The molecule has 4 rings (SSSR count). The Morgan fingerprint density at radius 3 is 2.60 bits per heavy atom. The third-order valence-electron chi connectivity index (χ3n) is 4.40. The Balaban J connectivity index is 1.56. The van der Waals surface area contributed by atoms with Gasteiger partial charge >= 0.3 is 0 Å². The van der Waals surface area contributed by atoms with Crippen molar-refractivity contribution in [2.45, 2.75) is 11.8 Å². The van der Waals surface area contributed by atoms with Crippen molar-refractivity contribution >= 4 is 38.2 Å². The maximum atomic E-state index is 14.6. The van der Waals surface area contributed by atoms with E-state index in [-0.39, 0.29) is 16.3 Å². The largest absolute Gasteiger partial charge is 0.453 e. The molecule has 0 atom stereocenters. The van der Waals surface area contributed by atoms with Gasteiger partial charge in [-0.1, -0.05) is 29.8 Å². The van der Waals surface area contributed by atoms with Gasteiger partial charge < -0.3 is 4.74 Å². The summed E-state index contributed by atoms with van der Waals surface area (Å²) in [6, 6.07) is 17.5. The third-order valence-corrected chi connectivity index (χ3v) is 6.18. The molecule has 152 valence electrons. The molecule has 0 bridgehead atoms. The lowest BCUT2D eigenvalue weighted by molar-refractivity contribution is 0.441. The molecule has 0 aliphatic carbocycles. The minimum atomic E-state index is -3.90. The highest BCUT2D eigenvalue weighted by Gasteiger charge is 2.18. The molecule has 0 radical (unpaired) electrons. The highest BCUT2D eigenvalue weighted by molar-refractivity contribution is 7.92. The summed E-state index contributed by atoms with van der Waals surface area (Å²) in [6.45, 7) is 1.63. The Labute approximate surface area is 178 Å². The number of aromatic nitrogens is 1. The first-order chi connectivity index (χ1) is 14.3. The number of nitrogens with one attached hydrogen (secondary N) is 1. The van der Waals surface area contributed by atoms with Crippen LogP contribution in [0.5, 0.6) is 11.5 Å². The lowest BCUT2D eigenvalue weighted by Gasteiger charge is -2.12. The van der Waals surface area contributed by atoms with Gasteiger partial charge in [0.15, 0.2) is 11.6 Å². The van der Waals surface area contributed by atoms with Crippen LogP contribution in [0, 0.1) is 12.7 Å². The Morgan fingerprint density at radius 2 is 1.83 bits per heavy atom. The molecule has 3 aromatic carbocycles. The molecule has 5 nitrogen and oxygen atoms in total. The number of hydrogen-bond acceptors (Lipinski definition) is 4.